The molecular weight excluding hydrogens is 360 g/mol. The van der Waals surface area contributed by atoms with Crippen LogP contribution in [-0.4, -0.2) is 40.1 Å². The first-order chi connectivity index (χ1) is 13.4. The minimum atomic E-state index is -1.35. The maximum Gasteiger partial charge on any atom is 0.271 e. The molecule has 0 aliphatic rings. The second kappa shape index (κ2) is 7.91. The molecule has 0 aliphatic heterocycles. The third-order valence-corrected chi connectivity index (χ3v) is 4.09. The zero-order valence-electron chi connectivity index (χ0n) is 15.1. The van der Waals surface area contributed by atoms with E-state index in [9.17, 15) is 14.7 Å². The van der Waals surface area contributed by atoms with Crippen molar-refractivity contribution in [2.24, 2.45) is 11.5 Å². The molecule has 144 valence electrons. The van der Waals surface area contributed by atoms with Crippen molar-refractivity contribution in [3.8, 4) is 16.8 Å². The largest absolute Gasteiger partial charge is 0.364 e. The van der Waals surface area contributed by atoms with E-state index in [1.54, 1.807) is 19.2 Å². The molecule has 2 amide bonds. The van der Waals surface area contributed by atoms with Gasteiger partial charge < -0.3 is 21.5 Å². The Hall–Kier alpha value is -3.69. The number of anilines is 1. The lowest BCUT2D eigenvalue weighted by Crippen LogP contribution is -2.29. The van der Waals surface area contributed by atoms with E-state index < -0.39 is 12.3 Å². The second-order valence-corrected chi connectivity index (χ2v) is 5.99. The van der Waals surface area contributed by atoms with Gasteiger partial charge in [-0.2, -0.15) is 5.10 Å². The Labute approximate surface area is 161 Å². The van der Waals surface area contributed by atoms with Gasteiger partial charge in [-0.15, -0.1) is 0 Å². The number of amides is 2. The van der Waals surface area contributed by atoms with Crippen molar-refractivity contribution in [2.45, 2.75) is 6.35 Å². The van der Waals surface area contributed by atoms with Crippen molar-refractivity contribution < 1.29 is 14.7 Å². The predicted molar refractivity (Wildman–Crippen MR) is 105 cm³/mol. The van der Waals surface area contributed by atoms with Crippen molar-refractivity contribution in [1.29, 1.82) is 0 Å². The van der Waals surface area contributed by atoms with E-state index >= 15 is 0 Å². The summed E-state index contributed by atoms with van der Waals surface area (Å²) in [7, 11) is 1.59. The van der Waals surface area contributed by atoms with Gasteiger partial charge in [0.1, 0.15) is 0 Å². The van der Waals surface area contributed by atoms with E-state index in [1.165, 1.54) is 10.9 Å². The Balaban J connectivity index is 1.86. The fourth-order valence-electron chi connectivity index (χ4n) is 2.72. The van der Waals surface area contributed by atoms with Crippen LogP contribution in [0.4, 0.5) is 5.69 Å². The van der Waals surface area contributed by atoms with E-state index in [4.69, 9.17) is 11.5 Å². The Bertz CT molecular complexity index is 994. The number of nitrogens with zero attached hydrogens (tertiary/aromatic N) is 2. The normalized spacial score (nSPS) is 11.7. The number of nitrogens with one attached hydrogen (secondary N) is 2. The Morgan fingerprint density at radius 2 is 1.64 bits per heavy atom. The van der Waals surface area contributed by atoms with Crippen LogP contribution in [-0.2, 0) is 0 Å². The number of rotatable bonds is 6. The lowest BCUT2D eigenvalue weighted by atomic mass is 10.0. The number of hydrogen-bond donors (Lipinski definition) is 5. The molecule has 0 radical (unpaired) electrons. The maximum atomic E-state index is 11.6. The molecule has 9 nitrogen and oxygen atoms in total. The summed E-state index contributed by atoms with van der Waals surface area (Å²) >= 11 is 0. The molecule has 2 aromatic carbocycles. The summed E-state index contributed by atoms with van der Waals surface area (Å²) in [5.74, 6) is -0.882. The average Bonchev–Trinajstić information content (AvgIpc) is 3.11. The molecule has 0 spiro atoms. The third-order valence-electron chi connectivity index (χ3n) is 4.09. The van der Waals surface area contributed by atoms with Crippen molar-refractivity contribution >= 4 is 17.5 Å². The van der Waals surface area contributed by atoms with Crippen LogP contribution < -0.4 is 22.1 Å². The van der Waals surface area contributed by atoms with Crippen LogP contribution >= 0.6 is 0 Å². The first-order valence-electron chi connectivity index (χ1n) is 8.41. The van der Waals surface area contributed by atoms with Gasteiger partial charge in [0.15, 0.2) is 12.0 Å². The van der Waals surface area contributed by atoms with Gasteiger partial charge in [-0.3, -0.25) is 15.3 Å². The molecule has 7 N–H and O–H groups in total. The van der Waals surface area contributed by atoms with Crippen LogP contribution in [0.25, 0.3) is 16.8 Å². The van der Waals surface area contributed by atoms with Gasteiger partial charge in [0.25, 0.3) is 11.8 Å². The lowest BCUT2D eigenvalue weighted by Gasteiger charge is -2.07. The molecule has 3 aromatic rings. The third kappa shape index (κ3) is 4.00. The van der Waals surface area contributed by atoms with Crippen LogP contribution in [0.3, 0.4) is 0 Å². The van der Waals surface area contributed by atoms with Gasteiger partial charge in [-0.05, 0) is 35.4 Å². The Morgan fingerprint density at radius 3 is 2.14 bits per heavy atom. The van der Waals surface area contributed by atoms with Gasteiger partial charge in [0.05, 0.1) is 17.6 Å². The number of carbonyl (C=O) groups excluding carboxylic acids is 2. The van der Waals surface area contributed by atoms with E-state index in [0.717, 1.165) is 11.1 Å². The quantitative estimate of drug-likeness (QED) is 0.396. The number of aliphatic hydroxyl groups is 1. The molecule has 0 aliphatic carbocycles. The summed E-state index contributed by atoms with van der Waals surface area (Å²) in [5, 5.41) is 18.5. The molecule has 0 saturated carbocycles. The number of carbonyl (C=O) groups is 2. The van der Waals surface area contributed by atoms with Crippen molar-refractivity contribution in [2.75, 3.05) is 12.4 Å². The summed E-state index contributed by atoms with van der Waals surface area (Å²) in [5.41, 5.74) is 14.0. The maximum absolute atomic E-state index is 11.6. The molecule has 1 aromatic heterocycles. The van der Waals surface area contributed by atoms with E-state index in [-0.39, 0.29) is 17.3 Å². The molecule has 9 heteroatoms. The van der Waals surface area contributed by atoms with Crippen LogP contribution in [0.15, 0.2) is 54.7 Å². The fraction of sp³-hybridized carbons (Fsp3) is 0.105. The highest BCUT2D eigenvalue weighted by Gasteiger charge is 2.16. The highest BCUT2D eigenvalue weighted by molar-refractivity contribution is 5.96. The zero-order valence-corrected chi connectivity index (χ0v) is 15.1. The van der Waals surface area contributed by atoms with Crippen molar-refractivity contribution in [3.63, 3.8) is 0 Å². The van der Waals surface area contributed by atoms with Gasteiger partial charge in [0.2, 0.25) is 0 Å². The Morgan fingerprint density at radius 1 is 1.07 bits per heavy atom. The van der Waals surface area contributed by atoms with Gasteiger partial charge in [-0.25, -0.2) is 4.68 Å². The summed E-state index contributed by atoms with van der Waals surface area (Å²) in [4.78, 5) is 23.2. The summed E-state index contributed by atoms with van der Waals surface area (Å²) in [6.07, 6.45) is 0.166. The fourth-order valence-corrected chi connectivity index (χ4v) is 2.72. The molecular formula is C19H20N6O3. The molecule has 1 heterocycles. The molecule has 0 fully saturated rings. The monoisotopic (exact) mass is 380 g/mol. The number of nitrogens with two attached hydrogens (primary N) is 2. The van der Waals surface area contributed by atoms with Crippen LogP contribution in [0.1, 0.15) is 20.8 Å². The minimum absolute atomic E-state index is 0.0293. The number of hydrogen-bond acceptors (Lipinski definition) is 6. The smallest absolute Gasteiger partial charge is 0.271 e. The minimum Gasteiger partial charge on any atom is -0.364 e. The van der Waals surface area contributed by atoms with Crippen molar-refractivity contribution in [3.05, 3.63) is 66.0 Å². The molecule has 1 atom stereocenters. The topological polar surface area (TPSA) is 148 Å². The van der Waals surface area contributed by atoms with E-state index in [2.05, 4.69) is 15.7 Å². The molecule has 3 rings (SSSR count). The van der Waals surface area contributed by atoms with Gasteiger partial charge in [-0.1, -0.05) is 24.3 Å². The molecule has 28 heavy (non-hydrogen) atoms. The molecule has 0 saturated heterocycles. The van der Waals surface area contributed by atoms with E-state index in [1.807, 2.05) is 36.4 Å². The highest BCUT2D eigenvalue weighted by atomic mass is 16.3. The molecule has 0 bridgehead atoms. The average molecular weight is 380 g/mol. The van der Waals surface area contributed by atoms with Crippen LogP contribution in [0.5, 0.6) is 0 Å². The number of aliphatic hydroxyl groups excluding tert-OH is 1. The van der Waals surface area contributed by atoms with Gasteiger partial charge >= 0.3 is 0 Å². The first kappa shape index (κ1) is 19.1. The first-order valence-corrected chi connectivity index (χ1v) is 8.41. The number of aromatic nitrogens is 2. The summed E-state index contributed by atoms with van der Waals surface area (Å²) in [6.45, 7) is 0. The standard InChI is InChI=1S/C19H20N6O3/c1-22-18(27)13-4-2-11(3-5-13)12-6-8-14(9-7-12)25-10-15(23-19(21)28)16(24-25)17(20)26/h2-10,19,23,28H,21H2,1H3,(H2,20,26)(H,22,27). The number of benzene rings is 2. The Kier molecular flexibility index (Phi) is 5.39. The zero-order chi connectivity index (χ0) is 20.3. The summed E-state index contributed by atoms with van der Waals surface area (Å²) < 4.78 is 1.46. The molecule has 1 unspecified atom stereocenters. The van der Waals surface area contributed by atoms with Crippen LogP contribution in [0, 0.1) is 0 Å². The van der Waals surface area contributed by atoms with Crippen LogP contribution in [0.2, 0.25) is 0 Å². The van der Waals surface area contributed by atoms with E-state index in [0.29, 0.717) is 11.3 Å². The lowest BCUT2D eigenvalue weighted by molar-refractivity contribution is 0.0961. The SMILES string of the molecule is CNC(=O)c1ccc(-c2ccc(-n3cc(NC(N)O)c(C(N)=O)n3)cc2)cc1. The number of primary amides is 1. The highest BCUT2D eigenvalue weighted by Crippen LogP contribution is 2.23. The van der Waals surface area contributed by atoms with Gasteiger partial charge in [0, 0.05) is 12.6 Å². The second-order valence-electron chi connectivity index (χ2n) is 5.99. The van der Waals surface area contributed by atoms with Crippen molar-refractivity contribution in [1.82, 2.24) is 15.1 Å². The predicted octanol–water partition coefficient (Wildman–Crippen LogP) is 0.644. The summed E-state index contributed by atoms with van der Waals surface area (Å²) in [6, 6.07) is 14.7.